The number of nitrogens with zero attached hydrogens (tertiary/aromatic N) is 1. The van der Waals surface area contributed by atoms with Gasteiger partial charge in [-0.1, -0.05) is 49.6 Å². The monoisotopic (exact) mass is 457 g/mol. The number of methoxy groups -OCH3 is 1. The van der Waals surface area contributed by atoms with Gasteiger partial charge < -0.3 is 19.9 Å². The predicted octanol–water partition coefficient (Wildman–Crippen LogP) is 5.11. The summed E-state index contributed by atoms with van der Waals surface area (Å²) in [6.07, 6.45) is 7.11. The van der Waals surface area contributed by atoms with Crippen molar-refractivity contribution in [3.05, 3.63) is 71.4 Å². The Labute approximate surface area is 200 Å². The first kappa shape index (κ1) is 22.3. The topological polar surface area (TPSA) is 74.4 Å². The number of allylic oxidation sites excluding steroid dienone is 1. The zero-order valence-corrected chi connectivity index (χ0v) is 19.8. The lowest BCUT2D eigenvalue weighted by atomic mass is 9.94. The molecule has 1 aliphatic carbocycles. The molecule has 0 radical (unpaired) electrons. The summed E-state index contributed by atoms with van der Waals surface area (Å²) in [5, 5.41) is 4.30. The van der Waals surface area contributed by atoms with Gasteiger partial charge in [-0.3, -0.25) is 9.59 Å². The minimum Gasteiger partial charge on any atom is -0.497 e. The number of aromatic nitrogens is 1. The third-order valence-electron chi connectivity index (χ3n) is 7.05. The first-order valence-corrected chi connectivity index (χ1v) is 12.1. The fourth-order valence-electron chi connectivity index (χ4n) is 5.31. The van der Waals surface area contributed by atoms with Gasteiger partial charge in [-0.25, -0.2) is 0 Å². The fraction of sp³-hybridized carbons (Fsp3) is 0.357. The number of para-hydroxylation sites is 1. The Morgan fingerprint density at radius 1 is 1.09 bits per heavy atom. The van der Waals surface area contributed by atoms with E-state index in [0.717, 1.165) is 64.7 Å². The number of H-pyrrole nitrogens is 1. The van der Waals surface area contributed by atoms with Crippen molar-refractivity contribution in [1.29, 1.82) is 0 Å². The van der Waals surface area contributed by atoms with Gasteiger partial charge in [0.1, 0.15) is 5.75 Å². The molecule has 2 heterocycles. The number of benzene rings is 2. The zero-order valence-electron chi connectivity index (χ0n) is 19.8. The standard InChI is InChI=1S/C28H31N3O3/c1-18-16-24(32)31(17-19-12-14-21(34-2)15-13-19)27(28(33)29-20-8-4-3-5-9-20)26-25(18)22-10-6-7-11-23(22)30-26/h6-7,10-16,20,27,30H,3-5,8-9,17H2,1-2H3,(H,29,33). The summed E-state index contributed by atoms with van der Waals surface area (Å²) in [5.74, 6) is 0.474. The smallest absolute Gasteiger partial charge is 0.249 e. The fourth-order valence-corrected chi connectivity index (χ4v) is 5.31. The SMILES string of the molecule is COc1ccc(CN2C(=O)C=C(C)c3c([nH]c4ccccc34)C2C(=O)NC2CCCCC2)cc1. The van der Waals surface area contributed by atoms with E-state index < -0.39 is 6.04 Å². The molecule has 1 atom stereocenters. The minimum atomic E-state index is -0.743. The van der Waals surface area contributed by atoms with Crippen molar-refractivity contribution in [2.75, 3.05) is 7.11 Å². The van der Waals surface area contributed by atoms with Crippen LogP contribution in [0, 0.1) is 0 Å². The van der Waals surface area contributed by atoms with Crippen molar-refractivity contribution in [2.24, 2.45) is 0 Å². The molecule has 0 bridgehead atoms. The van der Waals surface area contributed by atoms with Crippen LogP contribution < -0.4 is 10.1 Å². The number of fused-ring (bicyclic) bond motifs is 3. The van der Waals surface area contributed by atoms with Crippen LogP contribution in [0.4, 0.5) is 0 Å². The number of amides is 2. The van der Waals surface area contributed by atoms with Crippen molar-refractivity contribution in [1.82, 2.24) is 15.2 Å². The van der Waals surface area contributed by atoms with E-state index in [-0.39, 0.29) is 17.9 Å². The van der Waals surface area contributed by atoms with E-state index in [1.54, 1.807) is 18.1 Å². The van der Waals surface area contributed by atoms with Gasteiger partial charge in [0.15, 0.2) is 6.04 Å². The molecule has 1 fully saturated rings. The Kier molecular flexibility index (Phi) is 6.14. The maximum absolute atomic E-state index is 13.8. The van der Waals surface area contributed by atoms with Crippen LogP contribution >= 0.6 is 0 Å². The molecule has 176 valence electrons. The lowest BCUT2D eigenvalue weighted by Gasteiger charge is -2.32. The largest absolute Gasteiger partial charge is 0.497 e. The molecule has 2 aromatic carbocycles. The summed E-state index contributed by atoms with van der Waals surface area (Å²) in [6, 6.07) is 15.1. The van der Waals surface area contributed by atoms with Crippen LogP contribution in [0.1, 0.15) is 61.9 Å². The Morgan fingerprint density at radius 3 is 2.56 bits per heavy atom. The summed E-state index contributed by atoms with van der Waals surface area (Å²) >= 11 is 0. The van der Waals surface area contributed by atoms with Gasteiger partial charge >= 0.3 is 0 Å². The second kappa shape index (κ2) is 9.37. The van der Waals surface area contributed by atoms with Crippen molar-refractivity contribution in [3.8, 4) is 5.75 Å². The molecule has 6 nitrogen and oxygen atoms in total. The average Bonchev–Trinajstić information content (AvgIpc) is 3.19. The van der Waals surface area contributed by atoms with Crippen LogP contribution in [-0.4, -0.2) is 34.8 Å². The number of carbonyl (C=O) groups is 2. The summed E-state index contributed by atoms with van der Waals surface area (Å²) in [4.78, 5) is 32.5. The van der Waals surface area contributed by atoms with E-state index >= 15 is 0 Å². The summed E-state index contributed by atoms with van der Waals surface area (Å²) < 4.78 is 5.28. The van der Waals surface area contributed by atoms with E-state index in [4.69, 9.17) is 4.74 Å². The van der Waals surface area contributed by atoms with E-state index in [1.165, 1.54) is 6.42 Å². The second-order valence-electron chi connectivity index (χ2n) is 9.35. The van der Waals surface area contributed by atoms with E-state index in [1.807, 2.05) is 55.5 Å². The Hall–Kier alpha value is -3.54. The molecule has 34 heavy (non-hydrogen) atoms. The number of hydrogen-bond acceptors (Lipinski definition) is 3. The van der Waals surface area contributed by atoms with Gasteiger partial charge in [0.25, 0.3) is 0 Å². The predicted molar refractivity (Wildman–Crippen MR) is 133 cm³/mol. The van der Waals surface area contributed by atoms with Crippen LogP contribution in [0.2, 0.25) is 0 Å². The van der Waals surface area contributed by atoms with Gasteiger partial charge in [0.05, 0.1) is 12.8 Å². The highest BCUT2D eigenvalue weighted by atomic mass is 16.5. The minimum absolute atomic E-state index is 0.121. The third kappa shape index (κ3) is 4.20. The molecular weight excluding hydrogens is 426 g/mol. The highest BCUT2D eigenvalue weighted by Crippen LogP contribution is 2.38. The van der Waals surface area contributed by atoms with Crippen LogP contribution in [0.3, 0.4) is 0 Å². The lowest BCUT2D eigenvalue weighted by molar-refractivity contribution is -0.138. The summed E-state index contributed by atoms with van der Waals surface area (Å²) in [7, 11) is 1.63. The van der Waals surface area contributed by atoms with Gasteiger partial charge in [0.2, 0.25) is 11.8 Å². The van der Waals surface area contributed by atoms with Gasteiger partial charge in [-0.05, 0) is 49.1 Å². The van der Waals surface area contributed by atoms with Crippen molar-refractivity contribution < 1.29 is 14.3 Å². The molecule has 1 unspecified atom stereocenters. The van der Waals surface area contributed by atoms with Gasteiger partial charge in [0, 0.05) is 35.1 Å². The third-order valence-corrected chi connectivity index (χ3v) is 7.05. The Morgan fingerprint density at radius 2 is 1.82 bits per heavy atom. The molecule has 1 aromatic heterocycles. The number of hydrogen-bond donors (Lipinski definition) is 2. The quantitative estimate of drug-likeness (QED) is 0.559. The lowest BCUT2D eigenvalue weighted by Crippen LogP contribution is -2.46. The highest BCUT2D eigenvalue weighted by molar-refractivity contribution is 6.06. The molecule has 6 heteroatoms. The van der Waals surface area contributed by atoms with Crippen molar-refractivity contribution >= 4 is 28.3 Å². The zero-order chi connectivity index (χ0) is 23.7. The average molecular weight is 458 g/mol. The van der Waals surface area contributed by atoms with E-state index in [2.05, 4.69) is 10.3 Å². The highest BCUT2D eigenvalue weighted by Gasteiger charge is 2.37. The number of rotatable bonds is 5. The maximum Gasteiger partial charge on any atom is 0.249 e. The summed E-state index contributed by atoms with van der Waals surface area (Å²) in [5.41, 5.74) is 4.50. The van der Waals surface area contributed by atoms with Crippen LogP contribution in [0.25, 0.3) is 16.5 Å². The molecule has 1 saturated carbocycles. The number of ether oxygens (including phenoxy) is 1. The molecule has 2 N–H and O–H groups in total. The summed E-state index contributed by atoms with van der Waals surface area (Å²) in [6.45, 7) is 2.27. The molecule has 2 aliphatic rings. The molecule has 3 aromatic rings. The molecule has 2 amide bonds. The van der Waals surface area contributed by atoms with Crippen LogP contribution in [-0.2, 0) is 16.1 Å². The molecule has 0 saturated heterocycles. The first-order valence-electron chi connectivity index (χ1n) is 12.1. The molecular formula is C28H31N3O3. The van der Waals surface area contributed by atoms with Gasteiger partial charge in [-0.2, -0.15) is 0 Å². The van der Waals surface area contributed by atoms with Crippen LogP contribution in [0.15, 0.2) is 54.6 Å². The van der Waals surface area contributed by atoms with Gasteiger partial charge in [-0.15, -0.1) is 0 Å². The molecule has 5 rings (SSSR count). The first-order chi connectivity index (χ1) is 16.5. The van der Waals surface area contributed by atoms with Crippen molar-refractivity contribution in [2.45, 2.75) is 57.7 Å². The second-order valence-corrected chi connectivity index (χ2v) is 9.35. The molecule has 1 aliphatic heterocycles. The maximum atomic E-state index is 13.8. The Balaban J connectivity index is 1.58. The van der Waals surface area contributed by atoms with Crippen molar-refractivity contribution in [3.63, 3.8) is 0 Å². The Bertz CT molecular complexity index is 1240. The van der Waals surface area contributed by atoms with E-state index in [0.29, 0.717) is 6.54 Å². The normalized spacial score (nSPS) is 18.9. The molecule has 0 spiro atoms. The number of carbonyl (C=O) groups excluding carboxylic acids is 2. The number of nitrogens with one attached hydrogen (secondary N) is 2. The number of aromatic amines is 1. The van der Waals surface area contributed by atoms with Crippen LogP contribution in [0.5, 0.6) is 5.75 Å². The van der Waals surface area contributed by atoms with E-state index in [9.17, 15) is 9.59 Å².